The Kier molecular flexibility index (Phi) is 4.78. The molecule has 0 fully saturated rings. The number of hydrogen-bond donors (Lipinski definition) is 1. The first-order valence-corrected chi connectivity index (χ1v) is 4.84. The molecule has 0 unspecified atom stereocenters. The molecule has 1 aromatic rings. The summed E-state index contributed by atoms with van der Waals surface area (Å²) in [6.45, 7) is 0.694. The number of carbonyl (C=O) groups excluding carboxylic acids is 1. The molecule has 0 amide bonds. The number of carbonyl (C=O) groups is 1. The van der Waals surface area contributed by atoms with Crippen molar-refractivity contribution in [3.8, 4) is 0 Å². The molecule has 0 aliphatic rings. The highest BCUT2D eigenvalue weighted by molar-refractivity contribution is 5.93. The number of ketones is 1. The fraction of sp³-hybridized carbons (Fsp3) is 0.500. The standard InChI is InChI=1S/C10H15N3O/c11-5-3-1-2-4-10(14)9-8-12-6-7-13-9/h6-8H,1-5,11H2. The predicted molar refractivity (Wildman–Crippen MR) is 53.9 cm³/mol. The van der Waals surface area contributed by atoms with Gasteiger partial charge in [0.05, 0.1) is 6.20 Å². The largest absolute Gasteiger partial charge is 0.330 e. The first-order chi connectivity index (χ1) is 6.84. The van der Waals surface area contributed by atoms with Crippen LogP contribution in [0.5, 0.6) is 0 Å². The van der Waals surface area contributed by atoms with Gasteiger partial charge in [0.2, 0.25) is 0 Å². The van der Waals surface area contributed by atoms with Crippen molar-refractivity contribution < 1.29 is 4.79 Å². The third kappa shape index (κ3) is 3.62. The van der Waals surface area contributed by atoms with Crippen LogP contribution in [0.2, 0.25) is 0 Å². The topological polar surface area (TPSA) is 68.9 Å². The van der Waals surface area contributed by atoms with Crippen molar-refractivity contribution in [3.63, 3.8) is 0 Å². The zero-order valence-corrected chi connectivity index (χ0v) is 8.15. The van der Waals surface area contributed by atoms with Crippen LogP contribution in [0.15, 0.2) is 18.6 Å². The molecule has 0 bridgehead atoms. The fourth-order valence-electron chi connectivity index (χ4n) is 1.18. The molecule has 14 heavy (non-hydrogen) atoms. The van der Waals surface area contributed by atoms with E-state index in [0.717, 1.165) is 19.3 Å². The van der Waals surface area contributed by atoms with E-state index in [1.165, 1.54) is 12.4 Å². The second-order valence-corrected chi connectivity index (χ2v) is 3.11. The number of unbranched alkanes of at least 4 members (excludes halogenated alkanes) is 2. The van der Waals surface area contributed by atoms with E-state index in [2.05, 4.69) is 9.97 Å². The number of rotatable bonds is 6. The quantitative estimate of drug-likeness (QED) is 0.544. The molecule has 1 heterocycles. The molecule has 0 saturated carbocycles. The average molecular weight is 193 g/mol. The lowest BCUT2D eigenvalue weighted by Crippen LogP contribution is -2.03. The van der Waals surface area contributed by atoms with Gasteiger partial charge in [0.1, 0.15) is 5.69 Å². The van der Waals surface area contributed by atoms with Gasteiger partial charge in [-0.05, 0) is 19.4 Å². The van der Waals surface area contributed by atoms with Crippen molar-refractivity contribution in [3.05, 3.63) is 24.3 Å². The molecule has 0 aliphatic carbocycles. The molecule has 4 nitrogen and oxygen atoms in total. The van der Waals surface area contributed by atoms with Crippen LogP contribution < -0.4 is 5.73 Å². The summed E-state index contributed by atoms with van der Waals surface area (Å²) in [4.78, 5) is 19.3. The van der Waals surface area contributed by atoms with Gasteiger partial charge in [-0.25, -0.2) is 4.98 Å². The summed E-state index contributed by atoms with van der Waals surface area (Å²) in [5.74, 6) is 0.0649. The van der Waals surface area contributed by atoms with Crippen LogP contribution in [-0.2, 0) is 0 Å². The van der Waals surface area contributed by atoms with Gasteiger partial charge < -0.3 is 5.73 Å². The highest BCUT2D eigenvalue weighted by atomic mass is 16.1. The zero-order valence-electron chi connectivity index (χ0n) is 8.15. The molecule has 1 rings (SSSR count). The maximum Gasteiger partial charge on any atom is 0.182 e. The van der Waals surface area contributed by atoms with Gasteiger partial charge >= 0.3 is 0 Å². The maximum absolute atomic E-state index is 11.5. The summed E-state index contributed by atoms with van der Waals surface area (Å²) in [7, 11) is 0. The lowest BCUT2D eigenvalue weighted by atomic mass is 10.1. The van der Waals surface area contributed by atoms with Gasteiger partial charge in [0.25, 0.3) is 0 Å². The van der Waals surface area contributed by atoms with Gasteiger partial charge in [-0.1, -0.05) is 6.42 Å². The Balaban J connectivity index is 2.29. The molecule has 0 spiro atoms. The van der Waals surface area contributed by atoms with E-state index < -0.39 is 0 Å². The number of nitrogens with zero attached hydrogens (tertiary/aromatic N) is 2. The van der Waals surface area contributed by atoms with Crippen molar-refractivity contribution in [1.29, 1.82) is 0 Å². The SMILES string of the molecule is NCCCCCC(=O)c1cnccn1. The molecular weight excluding hydrogens is 178 g/mol. The molecule has 0 radical (unpaired) electrons. The summed E-state index contributed by atoms with van der Waals surface area (Å²) < 4.78 is 0. The highest BCUT2D eigenvalue weighted by Gasteiger charge is 2.05. The minimum absolute atomic E-state index is 0.0649. The fourth-order valence-corrected chi connectivity index (χ4v) is 1.18. The maximum atomic E-state index is 11.5. The minimum atomic E-state index is 0.0649. The van der Waals surface area contributed by atoms with Crippen molar-refractivity contribution in [2.24, 2.45) is 5.73 Å². The molecular formula is C10H15N3O. The number of hydrogen-bond acceptors (Lipinski definition) is 4. The summed E-state index contributed by atoms with van der Waals surface area (Å²) >= 11 is 0. The highest BCUT2D eigenvalue weighted by Crippen LogP contribution is 2.04. The monoisotopic (exact) mass is 193 g/mol. The van der Waals surface area contributed by atoms with Gasteiger partial charge in [-0.15, -0.1) is 0 Å². The van der Waals surface area contributed by atoms with Crippen LogP contribution in [0.4, 0.5) is 0 Å². The third-order valence-electron chi connectivity index (χ3n) is 1.96. The van der Waals surface area contributed by atoms with Gasteiger partial charge in [0, 0.05) is 18.8 Å². The van der Waals surface area contributed by atoms with Crippen LogP contribution in [0, 0.1) is 0 Å². The van der Waals surface area contributed by atoms with E-state index in [-0.39, 0.29) is 5.78 Å². The first-order valence-electron chi connectivity index (χ1n) is 4.84. The lowest BCUT2D eigenvalue weighted by molar-refractivity contribution is 0.0974. The second kappa shape index (κ2) is 6.21. The van der Waals surface area contributed by atoms with Crippen LogP contribution in [0.1, 0.15) is 36.2 Å². The average Bonchev–Trinajstić information content (AvgIpc) is 2.25. The Hall–Kier alpha value is -1.29. The smallest absolute Gasteiger partial charge is 0.182 e. The normalized spacial score (nSPS) is 10.1. The van der Waals surface area contributed by atoms with Crippen LogP contribution in [-0.4, -0.2) is 22.3 Å². The van der Waals surface area contributed by atoms with Crippen molar-refractivity contribution >= 4 is 5.78 Å². The van der Waals surface area contributed by atoms with Gasteiger partial charge in [-0.2, -0.15) is 0 Å². The van der Waals surface area contributed by atoms with Gasteiger partial charge in [-0.3, -0.25) is 9.78 Å². The van der Waals surface area contributed by atoms with E-state index in [9.17, 15) is 4.79 Å². The van der Waals surface area contributed by atoms with Crippen molar-refractivity contribution in [2.45, 2.75) is 25.7 Å². The van der Waals surface area contributed by atoms with Crippen molar-refractivity contribution in [2.75, 3.05) is 6.54 Å². The van der Waals surface area contributed by atoms with Crippen LogP contribution in [0.25, 0.3) is 0 Å². The number of nitrogens with two attached hydrogens (primary N) is 1. The molecule has 0 aromatic carbocycles. The Morgan fingerprint density at radius 3 is 2.79 bits per heavy atom. The Morgan fingerprint density at radius 1 is 1.29 bits per heavy atom. The summed E-state index contributed by atoms with van der Waals surface area (Å²) in [6, 6.07) is 0. The molecule has 0 aliphatic heterocycles. The Bertz CT molecular complexity index is 274. The number of Topliss-reactive ketones (excluding diaryl/α,β-unsaturated/α-hetero) is 1. The summed E-state index contributed by atoms with van der Waals surface area (Å²) in [5, 5.41) is 0. The Morgan fingerprint density at radius 2 is 2.14 bits per heavy atom. The summed E-state index contributed by atoms with van der Waals surface area (Å²) in [5.41, 5.74) is 5.81. The van der Waals surface area contributed by atoms with E-state index in [0.29, 0.717) is 18.7 Å². The molecule has 4 heteroatoms. The number of aromatic nitrogens is 2. The molecule has 0 atom stereocenters. The first kappa shape index (κ1) is 10.8. The molecule has 76 valence electrons. The molecule has 1 aromatic heterocycles. The van der Waals surface area contributed by atoms with E-state index in [1.54, 1.807) is 6.20 Å². The molecule has 2 N–H and O–H groups in total. The Labute approximate surface area is 83.6 Å². The minimum Gasteiger partial charge on any atom is -0.330 e. The third-order valence-corrected chi connectivity index (χ3v) is 1.96. The van der Waals surface area contributed by atoms with E-state index in [4.69, 9.17) is 5.73 Å². The predicted octanol–water partition coefficient (Wildman–Crippen LogP) is 1.18. The van der Waals surface area contributed by atoms with E-state index >= 15 is 0 Å². The summed E-state index contributed by atoms with van der Waals surface area (Å²) in [6.07, 6.45) is 8.01. The van der Waals surface area contributed by atoms with Crippen LogP contribution >= 0.6 is 0 Å². The lowest BCUT2D eigenvalue weighted by Gasteiger charge is -1.98. The zero-order chi connectivity index (χ0) is 10.2. The van der Waals surface area contributed by atoms with Gasteiger partial charge in [0.15, 0.2) is 5.78 Å². The second-order valence-electron chi connectivity index (χ2n) is 3.11. The molecule has 0 saturated heterocycles. The van der Waals surface area contributed by atoms with E-state index in [1.807, 2.05) is 0 Å². The van der Waals surface area contributed by atoms with Crippen molar-refractivity contribution in [1.82, 2.24) is 9.97 Å². The van der Waals surface area contributed by atoms with Crippen LogP contribution in [0.3, 0.4) is 0 Å².